The van der Waals surface area contributed by atoms with Gasteiger partial charge in [-0.05, 0) is 24.6 Å². The van der Waals surface area contributed by atoms with Crippen molar-refractivity contribution in [3.63, 3.8) is 0 Å². The van der Waals surface area contributed by atoms with Gasteiger partial charge in [0.05, 0.1) is 0 Å². The van der Waals surface area contributed by atoms with Crippen LogP contribution >= 0.6 is 15.9 Å². The minimum atomic E-state index is -0.435. The van der Waals surface area contributed by atoms with Crippen LogP contribution in [0.4, 0.5) is 10.2 Å². The molecule has 1 aromatic heterocycles. The van der Waals surface area contributed by atoms with Crippen LogP contribution in [0.15, 0.2) is 28.7 Å². The molecular formula is C14H15BrFN3O. The third-order valence-electron chi connectivity index (χ3n) is 2.59. The van der Waals surface area contributed by atoms with Crippen molar-refractivity contribution in [3.05, 3.63) is 40.4 Å². The van der Waals surface area contributed by atoms with Gasteiger partial charge >= 0.3 is 0 Å². The molecule has 2 aromatic rings. The number of nitrogens with zero attached hydrogens (tertiary/aromatic N) is 2. The van der Waals surface area contributed by atoms with Crippen molar-refractivity contribution in [1.29, 1.82) is 0 Å². The number of halogens is 2. The topological polar surface area (TPSA) is 47.0 Å². The zero-order chi connectivity index (χ0) is 14.5. The summed E-state index contributed by atoms with van der Waals surface area (Å²) in [5, 5.41) is 2.94. The first-order valence-electron chi connectivity index (χ1n) is 6.31. The Hall–Kier alpha value is -1.69. The lowest BCUT2D eigenvalue weighted by molar-refractivity contribution is 0.424. The number of aryl methyl sites for hydroxylation is 1. The van der Waals surface area contributed by atoms with Crippen molar-refractivity contribution >= 4 is 21.7 Å². The van der Waals surface area contributed by atoms with E-state index in [0.29, 0.717) is 17.5 Å². The van der Waals surface area contributed by atoms with Crippen LogP contribution in [0.3, 0.4) is 0 Å². The zero-order valence-corrected chi connectivity index (χ0v) is 12.9. The van der Waals surface area contributed by atoms with Gasteiger partial charge in [-0.2, -0.15) is 4.98 Å². The van der Waals surface area contributed by atoms with E-state index in [9.17, 15) is 4.39 Å². The SMILES string of the molecule is CCCc1nc(NC)cc(Oc2cc(Br)ccc2F)n1. The molecule has 0 atom stereocenters. The molecule has 6 heteroatoms. The molecule has 1 N–H and O–H groups in total. The number of ether oxygens (including phenoxy) is 1. The van der Waals surface area contributed by atoms with E-state index in [0.717, 1.165) is 17.3 Å². The van der Waals surface area contributed by atoms with Crippen LogP contribution < -0.4 is 10.1 Å². The molecule has 0 fully saturated rings. The van der Waals surface area contributed by atoms with Gasteiger partial charge in [0, 0.05) is 24.0 Å². The Balaban J connectivity index is 2.32. The summed E-state index contributed by atoms with van der Waals surface area (Å²) in [4.78, 5) is 8.60. The molecule has 20 heavy (non-hydrogen) atoms. The number of hydrogen-bond acceptors (Lipinski definition) is 4. The quantitative estimate of drug-likeness (QED) is 0.888. The van der Waals surface area contributed by atoms with E-state index in [-0.39, 0.29) is 5.75 Å². The van der Waals surface area contributed by atoms with Gasteiger partial charge in [0.2, 0.25) is 5.88 Å². The van der Waals surface area contributed by atoms with Gasteiger partial charge in [0.25, 0.3) is 0 Å². The van der Waals surface area contributed by atoms with Crippen LogP contribution in [0.2, 0.25) is 0 Å². The number of aromatic nitrogens is 2. The summed E-state index contributed by atoms with van der Waals surface area (Å²) in [6, 6.07) is 6.16. The first kappa shape index (κ1) is 14.7. The monoisotopic (exact) mass is 339 g/mol. The van der Waals surface area contributed by atoms with E-state index in [1.165, 1.54) is 6.07 Å². The lowest BCUT2D eigenvalue weighted by Gasteiger charge is -2.09. The molecule has 0 amide bonds. The number of nitrogens with one attached hydrogen (secondary N) is 1. The van der Waals surface area contributed by atoms with Gasteiger partial charge in [-0.1, -0.05) is 22.9 Å². The Morgan fingerprint density at radius 3 is 2.80 bits per heavy atom. The van der Waals surface area contributed by atoms with Crippen LogP contribution in [-0.4, -0.2) is 17.0 Å². The van der Waals surface area contributed by atoms with Crippen molar-refractivity contribution in [2.75, 3.05) is 12.4 Å². The molecule has 0 saturated carbocycles. The molecule has 0 unspecified atom stereocenters. The van der Waals surface area contributed by atoms with Crippen molar-refractivity contribution in [1.82, 2.24) is 9.97 Å². The molecule has 0 spiro atoms. The summed E-state index contributed by atoms with van der Waals surface area (Å²) < 4.78 is 19.9. The number of rotatable bonds is 5. The predicted octanol–water partition coefficient (Wildman–Crippen LogP) is 4.16. The predicted molar refractivity (Wildman–Crippen MR) is 79.7 cm³/mol. The van der Waals surface area contributed by atoms with Gasteiger partial charge in [0.1, 0.15) is 11.6 Å². The summed E-state index contributed by atoms with van der Waals surface area (Å²) in [6.07, 6.45) is 1.67. The highest BCUT2D eigenvalue weighted by Crippen LogP contribution is 2.27. The fraction of sp³-hybridized carbons (Fsp3) is 0.286. The Bertz CT molecular complexity index is 607. The van der Waals surface area contributed by atoms with E-state index >= 15 is 0 Å². The molecule has 0 aliphatic carbocycles. The highest BCUT2D eigenvalue weighted by atomic mass is 79.9. The molecule has 0 aliphatic heterocycles. The smallest absolute Gasteiger partial charge is 0.224 e. The minimum Gasteiger partial charge on any atom is -0.436 e. The normalized spacial score (nSPS) is 10.4. The third kappa shape index (κ3) is 3.66. The molecule has 2 rings (SSSR count). The van der Waals surface area contributed by atoms with E-state index in [2.05, 4.69) is 31.2 Å². The standard InChI is InChI=1S/C14H15BrFN3O/c1-3-4-12-18-13(17-2)8-14(19-12)20-11-7-9(15)5-6-10(11)16/h5-8H,3-4H2,1-2H3,(H,17,18,19). The second-order valence-electron chi connectivity index (χ2n) is 4.18. The average Bonchev–Trinajstić information content (AvgIpc) is 2.43. The van der Waals surface area contributed by atoms with Gasteiger partial charge in [-0.15, -0.1) is 0 Å². The second kappa shape index (κ2) is 6.65. The van der Waals surface area contributed by atoms with Crippen molar-refractivity contribution in [2.24, 2.45) is 0 Å². The Labute approximate surface area is 125 Å². The van der Waals surface area contributed by atoms with Crippen LogP contribution in [0.5, 0.6) is 11.6 Å². The van der Waals surface area contributed by atoms with E-state index in [4.69, 9.17) is 4.74 Å². The van der Waals surface area contributed by atoms with Crippen LogP contribution in [-0.2, 0) is 6.42 Å². The van der Waals surface area contributed by atoms with Crippen molar-refractivity contribution < 1.29 is 9.13 Å². The summed E-state index contributed by atoms with van der Waals surface area (Å²) >= 11 is 3.29. The van der Waals surface area contributed by atoms with E-state index in [1.807, 2.05) is 6.92 Å². The summed E-state index contributed by atoms with van der Waals surface area (Å²) in [5.74, 6) is 1.33. The molecule has 0 bridgehead atoms. The highest BCUT2D eigenvalue weighted by molar-refractivity contribution is 9.10. The minimum absolute atomic E-state index is 0.127. The van der Waals surface area contributed by atoms with E-state index in [1.54, 1.807) is 25.2 Å². The largest absolute Gasteiger partial charge is 0.436 e. The Morgan fingerprint density at radius 1 is 1.30 bits per heavy atom. The molecular weight excluding hydrogens is 325 g/mol. The van der Waals surface area contributed by atoms with Crippen LogP contribution in [0.25, 0.3) is 0 Å². The zero-order valence-electron chi connectivity index (χ0n) is 11.3. The van der Waals surface area contributed by atoms with Gasteiger partial charge in [0.15, 0.2) is 11.6 Å². The first-order valence-corrected chi connectivity index (χ1v) is 7.10. The fourth-order valence-electron chi connectivity index (χ4n) is 1.66. The summed E-state index contributed by atoms with van der Waals surface area (Å²) in [6.45, 7) is 2.05. The summed E-state index contributed by atoms with van der Waals surface area (Å²) in [7, 11) is 1.77. The lowest BCUT2D eigenvalue weighted by Crippen LogP contribution is -2.02. The maximum Gasteiger partial charge on any atom is 0.224 e. The number of benzene rings is 1. The molecule has 0 aliphatic rings. The average molecular weight is 340 g/mol. The maximum atomic E-state index is 13.7. The lowest BCUT2D eigenvalue weighted by atomic mass is 10.3. The molecule has 1 aromatic carbocycles. The Morgan fingerprint density at radius 2 is 2.10 bits per heavy atom. The van der Waals surface area contributed by atoms with Crippen molar-refractivity contribution in [3.8, 4) is 11.6 Å². The summed E-state index contributed by atoms with van der Waals surface area (Å²) in [5.41, 5.74) is 0. The second-order valence-corrected chi connectivity index (χ2v) is 5.10. The molecule has 0 radical (unpaired) electrons. The number of hydrogen-bond donors (Lipinski definition) is 1. The fourth-order valence-corrected chi connectivity index (χ4v) is 2.00. The van der Waals surface area contributed by atoms with Gasteiger partial charge in [-0.3, -0.25) is 0 Å². The van der Waals surface area contributed by atoms with Crippen molar-refractivity contribution in [2.45, 2.75) is 19.8 Å². The third-order valence-corrected chi connectivity index (χ3v) is 3.08. The molecule has 4 nitrogen and oxygen atoms in total. The highest BCUT2D eigenvalue weighted by Gasteiger charge is 2.09. The Kier molecular flexibility index (Phi) is 4.89. The number of anilines is 1. The molecule has 106 valence electrons. The molecule has 1 heterocycles. The first-order chi connectivity index (χ1) is 9.62. The van der Waals surface area contributed by atoms with E-state index < -0.39 is 5.82 Å². The van der Waals surface area contributed by atoms with Crippen LogP contribution in [0.1, 0.15) is 19.2 Å². The van der Waals surface area contributed by atoms with Crippen LogP contribution in [0, 0.1) is 5.82 Å². The maximum absolute atomic E-state index is 13.7. The molecule has 0 saturated heterocycles. The van der Waals surface area contributed by atoms with Gasteiger partial charge < -0.3 is 10.1 Å². The van der Waals surface area contributed by atoms with Gasteiger partial charge in [-0.25, -0.2) is 9.37 Å².